The van der Waals surface area contributed by atoms with Crippen molar-refractivity contribution in [3.05, 3.63) is 17.5 Å². The van der Waals surface area contributed by atoms with Crippen molar-refractivity contribution in [2.45, 2.75) is 57.2 Å². The minimum atomic E-state index is 0.441. The van der Waals surface area contributed by atoms with E-state index in [1.165, 1.54) is 49.9 Å². The molecule has 0 aromatic carbocycles. The molecule has 0 radical (unpaired) electrons. The number of hydrogen-bond donors (Lipinski definition) is 1. The van der Waals surface area contributed by atoms with Crippen LogP contribution in [0, 0.1) is 6.92 Å². The summed E-state index contributed by atoms with van der Waals surface area (Å²) in [7, 11) is 4.32. The van der Waals surface area contributed by atoms with Gasteiger partial charge in [-0.05, 0) is 39.8 Å². The van der Waals surface area contributed by atoms with Crippen molar-refractivity contribution >= 4 is 0 Å². The first-order valence-electron chi connectivity index (χ1n) is 7.55. The second-order valence-electron chi connectivity index (χ2n) is 6.33. The Balaban J connectivity index is 1.68. The standard InChI is InChI=1S/C15H26N4/c1-12-13(11-17-19(12)3)10-16-14-6-9-18(2)15(14)7-4-5-8-15/h11,14,16H,4-10H2,1-3H3. The Morgan fingerprint density at radius 2 is 2.11 bits per heavy atom. The van der Waals surface area contributed by atoms with Crippen LogP contribution in [0.1, 0.15) is 43.4 Å². The highest BCUT2D eigenvalue weighted by atomic mass is 15.3. The molecule has 1 aromatic heterocycles. The molecular weight excluding hydrogens is 236 g/mol. The number of likely N-dealkylation sites (N-methyl/N-ethyl adjacent to an activating group) is 1. The maximum absolute atomic E-state index is 4.33. The Morgan fingerprint density at radius 1 is 1.37 bits per heavy atom. The third kappa shape index (κ3) is 2.11. The lowest BCUT2D eigenvalue weighted by atomic mass is 9.89. The number of nitrogens with zero attached hydrogens (tertiary/aromatic N) is 3. The molecule has 19 heavy (non-hydrogen) atoms. The van der Waals surface area contributed by atoms with Gasteiger partial charge in [0.15, 0.2) is 0 Å². The molecule has 1 atom stereocenters. The molecule has 3 rings (SSSR count). The average Bonchev–Trinajstić information content (AvgIpc) is 3.08. The third-order valence-electron chi connectivity index (χ3n) is 5.51. The maximum atomic E-state index is 4.33. The first-order chi connectivity index (χ1) is 9.13. The highest BCUT2D eigenvalue weighted by Crippen LogP contribution is 2.42. The molecule has 2 fully saturated rings. The van der Waals surface area contributed by atoms with E-state index in [-0.39, 0.29) is 0 Å². The zero-order valence-electron chi connectivity index (χ0n) is 12.4. The second kappa shape index (κ2) is 4.91. The van der Waals surface area contributed by atoms with Gasteiger partial charge in [0.25, 0.3) is 0 Å². The van der Waals surface area contributed by atoms with Crippen molar-refractivity contribution in [2.75, 3.05) is 13.6 Å². The molecule has 4 nitrogen and oxygen atoms in total. The van der Waals surface area contributed by atoms with Crippen molar-refractivity contribution in [3.8, 4) is 0 Å². The minimum Gasteiger partial charge on any atom is -0.308 e. The van der Waals surface area contributed by atoms with Gasteiger partial charge in [-0.25, -0.2) is 0 Å². The molecule has 1 aliphatic carbocycles. The zero-order valence-corrected chi connectivity index (χ0v) is 12.4. The van der Waals surface area contributed by atoms with Crippen LogP contribution in [0.5, 0.6) is 0 Å². The molecule has 1 spiro atoms. The molecule has 106 valence electrons. The largest absolute Gasteiger partial charge is 0.308 e. The Bertz CT molecular complexity index is 445. The number of hydrogen-bond acceptors (Lipinski definition) is 3. The molecule has 0 amide bonds. The molecular formula is C15H26N4. The van der Waals surface area contributed by atoms with Crippen LogP contribution in [-0.2, 0) is 13.6 Å². The average molecular weight is 262 g/mol. The molecule has 0 bridgehead atoms. The van der Waals surface area contributed by atoms with Gasteiger partial charge in [0.1, 0.15) is 0 Å². The molecule has 1 N–H and O–H groups in total. The van der Waals surface area contributed by atoms with E-state index in [4.69, 9.17) is 0 Å². The van der Waals surface area contributed by atoms with E-state index in [1.807, 2.05) is 17.9 Å². The molecule has 1 saturated carbocycles. The topological polar surface area (TPSA) is 33.1 Å². The van der Waals surface area contributed by atoms with E-state index in [9.17, 15) is 0 Å². The van der Waals surface area contributed by atoms with Gasteiger partial charge in [0.2, 0.25) is 0 Å². The van der Waals surface area contributed by atoms with Gasteiger partial charge in [-0.1, -0.05) is 12.8 Å². The molecule has 1 saturated heterocycles. The van der Waals surface area contributed by atoms with E-state index in [0.29, 0.717) is 11.6 Å². The minimum absolute atomic E-state index is 0.441. The summed E-state index contributed by atoms with van der Waals surface area (Å²) in [5.74, 6) is 0. The Labute approximate surface area is 116 Å². The summed E-state index contributed by atoms with van der Waals surface area (Å²) in [6.07, 6.45) is 8.82. The van der Waals surface area contributed by atoms with E-state index in [2.05, 4.69) is 29.3 Å². The summed E-state index contributed by atoms with van der Waals surface area (Å²) in [5, 5.41) is 8.15. The number of likely N-dealkylation sites (tertiary alicyclic amines) is 1. The molecule has 1 aliphatic heterocycles. The monoisotopic (exact) mass is 262 g/mol. The van der Waals surface area contributed by atoms with Crippen LogP contribution in [0.15, 0.2) is 6.20 Å². The second-order valence-corrected chi connectivity index (χ2v) is 6.33. The lowest BCUT2D eigenvalue weighted by Crippen LogP contribution is -2.51. The van der Waals surface area contributed by atoms with Gasteiger partial charge in [-0.3, -0.25) is 9.58 Å². The quantitative estimate of drug-likeness (QED) is 0.902. The molecule has 1 aromatic rings. The first kappa shape index (κ1) is 13.1. The normalized spacial score (nSPS) is 26.6. The van der Waals surface area contributed by atoms with Crippen molar-refractivity contribution < 1.29 is 0 Å². The fourth-order valence-corrected chi connectivity index (χ4v) is 4.04. The van der Waals surface area contributed by atoms with Crippen LogP contribution in [-0.4, -0.2) is 39.9 Å². The molecule has 4 heteroatoms. The Kier molecular flexibility index (Phi) is 3.39. The van der Waals surface area contributed by atoms with Gasteiger partial charge < -0.3 is 5.32 Å². The van der Waals surface area contributed by atoms with Crippen LogP contribution in [0.2, 0.25) is 0 Å². The van der Waals surface area contributed by atoms with Gasteiger partial charge in [0, 0.05) is 36.4 Å². The van der Waals surface area contributed by atoms with E-state index < -0.39 is 0 Å². The highest BCUT2D eigenvalue weighted by molar-refractivity contribution is 5.16. The van der Waals surface area contributed by atoms with E-state index >= 15 is 0 Å². The van der Waals surface area contributed by atoms with Gasteiger partial charge in [-0.2, -0.15) is 5.10 Å². The lowest BCUT2D eigenvalue weighted by Gasteiger charge is -2.37. The van der Waals surface area contributed by atoms with Crippen molar-refractivity contribution in [3.63, 3.8) is 0 Å². The fourth-order valence-electron chi connectivity index (χ4n) is 4.04. The predicted octanol–water partition coefficient (Wildman–Crippen LogP) is 1.84. The lowest BCUT2D eigenvalue weighted by molar-refractivity contribution is 0.149. The first-order valence-corrected chi connectivity index (χ1v) is 7.55. The summed E-state index contributed by atoms with van der Waals surface area (Å²) in [6.45, 7) is 4.35. The summed E-state index contributed by atoms with van der Waals surface area (Å²) in [4.78, 5) is 2.60. The van der Waals surface area contributed by atoms with Crippen LogP contribution in [0.25, 0.3) is 0 Å². The Morgan fingerprint density at radius 3 is 2.74 bits per heavy atom. The number of aromatic nitrogens is 2. The third-order valence-corrected chi connectivity index (χ3v) is 5.51. The number of aryl methyl sites for hydroxylation is 1. The predicted molar refractivity (Wildman–Crippen MR) is 77.0 cm³/mol. The van der Waals surface area contributed by atoms with Crippen LogP contribution < -0.4 is 5.32 Å². The molecule has 2 aliphatic rings. The number of rotatable bonds is 3. The van der Waals surface area contributed by atoms with Crippen LogP contribution in [0.4, 0.5) is 0 Å². The van der Waals surface area contributed by atoms with Crippen LogP contribution >= 0.6 is 0 Å². The van der Waals surface area contributed by atoms with Gasteiger partial charge >= 0.3 is 0 Å². The summed E-state index contributed by atoms with van der Waals surface area (Å²) < 4.78 is 1.96. The molecule has 1 unspecified atom stereocenters. The smallest absolute Gasteiger partial charge is 0.0537 e. The summed E-state index contributed by atoms with van der Waals surface area (Å²) in [6, 6.07) is 0.652. The Hall–Kier alpha value is -0.870. The highest BCUT2D eigenvalue weighted by Gasteiger charge is 2.48. The fraction of sp³-hybridized carbons (Fsp3) is 0.800. The summed E-state index contributed by atoms with van der Waals surface area (Å²) in [5.41, 5.74) is 3.06. The van der Waals surface area contributed by atoms with Crippen molar-refractivity contribution in [1.29, 1.82) is 0 Å². The van der Waals surface area contributed by atoms with Crippen molar-refractivity contribution in [1.82, 2.24) is 20.0 Å². The van der Waals surface area contributed by atoms with Crippen LogP contribution in [0.3, 0.4) is 0 Å². The zero-order chi connectivity index (χ0) is 13.5. The maximum Gasteiger partial charge on any atom is 0.0537 e. The summed E-state index contributed by atoms with van der Waals surface area (Å²) >= 11 is 0. The van der Waals surface area contributed by atoms with Gasteiger partial charge in [0.05, 0.1) is 6.20 Å². The van der Waals surface area contributed by atoms with Gasteiger partial charge in [-0.15, -0.1) is 0 Å². The number of nitrogens with one attached hydrogen (secondary N) is 1. The molecule has 2 heterocycles. The van der Waals surface area contributed by atoms with E-state index in [0.717, 1.165) is 6.54 Å². The SMILES string of the molecule is Cc1c(CNC2CCN(C)C23CCCC3)cnn1C. The van der Waals surface area contributed by atoms with Crippen molar-refractivity contribution in [2.24, 2.45) is 7.05 Å². The van der Waals surface area contributed by atoms with E-state index in [1.54, 1.807) is 0 Å².